The first-order valence-corrected chi connectivity index (χ1v) is 8.76. The van der Waals surface area contributed by atoms with E-state index in [0.717, 1.165) is 44.7 Å². The predicted octanol–water partition coefficient (Wildman–Crippen LogP) is 3.46. The summed E-state index contributed by atoms with van der Waals surface area (Å²) in [6, 6.07) is 7.34. The first-order valence-electron chi connectivity index (χ1n) is 8.76. The maximum absolute atomic E-state index is 11.0. The Hall–Kier alpha value is -2.40. The smallest absolute Gasteiger partial charge is 0.335 e. The number of allylic oxidation sites excluding steroid dienone is 1. The van der Waals surface area contributed by atoms with Crippen LogP contribution in [0.2, 0.25) is 0 Å². The third-order valence-corrected chi connectivity index (χ3v) is 4.89. The zero-order chi connectivity index (χ0) is 17.8. The number of carbonyl (C=O) groups is 1. The van der Waals surface area contributed by atoms with Crippen molar-refractivity contribution in [1.29, 1.82) is 0 Å². The molecule has 5 nitrogen and oxygen atoms in total. The van der Waals surface area contributed by atoms with Gasteiger partial charge in [-0.3, -0.25) is 9.58 Å². The molecule has 1 unspecified atom stereocenters. The van der Waals surface area contributed by atoms with Crippen molar-refractivity contribution in [2.45, 2.75) is 38.8 Å². The van der Waals surface area contributed by atoms with Crippen LogP contribution in [0.3, 0.4) is 0 Å². The van der Waals surface area contributed by atoms with Crippen LogP contribution in [0.1, 0.15) is 45.9 Å². The van der Waals surface area contributed by atoms with Gasteiger partial charge in [-0.25, -0.2) is 4.79 Å². The number of rotatable bonds is 6. The van der Waals surface area contributed by atoms with Crippen molar-refractivity contribution in [3.05, 3.63) is 65.5 Å². The normalized spacial score (nSPS) is 18.2. The molecule has 0 aliphatic carbocycles. The average molecular weight is 339 g/mol. The maximum Gasteiger partial charge on any atom is 0.335 e. The van der Waals surface area contributed by atoms with Gasteiger partial charge >= 0.3 is 5.97 Å². The lowest BCUT2D eigenvalue weighted by Crippen LogP contribution is -2.34. The minimum atomic E-state index is -0.871. The summed E-state index contributed by atoms with van der Waals surface area (Å²) in [4.78, 5) is 13.5. The van der Waals surface area contributed by atoms with Gasteiger partial charge in [0.1, 0.15) is 0 Å². The molecule has 1 fully saturated rings. The molecule has 2 aromatic rings. The summed E-state index contributed by atoms with van der Waals surface area (Å²) in [5.74, 6) is -0.413. The fraction of sp³-hybridized carbons (Fsp3) is 0.400. The molecule has 0 bridgehead atoms. The minimum absolute atomic E-state index is 0.349. The van der Waals surface area contributed by atoms with E-state index in [2.05, 4.69) is 29.7 Å². The van der Waals surface area contributed by atoms with Gasteiger partial charge in [-0.15, -0.1) is 6.58 Å². The van der Waals surface area contributed by atoms with Crippen LogP contribution in [0.4, 0.5) is 0 Å². The average Bonchev–Trinajstić information content (AvgIpc) is 2.95. The Bertz CT molecular complexity index is 749. The molecule has 1 atom stereocenters. The Morgan fingerprint density at radius 1 is 1.40 bits per heavy atom. The number of piperidine rings is 1. The van der Waals surface area contributed by atoms with Crippen LogP contribution in [-0.2, 0) is 13.1 Å². The topological polar surface area (TPSA) is 58.4 Å². The van der Waals surface area contributed by atoms with Crippen LogP contribution in [0.5, 0.6) is 0 Å². The number of carboxylic acid groups (broad SMARTS) is 1. The molecule has 1 aromatic heterocycles. The molecule has 2 heterocycles. The van der Waals surface area contributed by atoms with Gasteiger partial charge in [0.25, 0.3) is 0 Å². The molecule has 0 spiro atoms. The number of aryl methyl sites for hydroxylation is 1. The summed E-state index contributed by atoms with van der Waals surface area (Å²) < 4.78 is 1.93. The van der Waals surface area contributed by atoms with Crippen molar-refractivity contribution < 1.29 is 9.90 Å². The largest absolute Gasteiger partial charge is 0.478 e. The quantitative estimate of drug-likeness (QED) is 0.819. The number of likely N-dealkylation sites (tertiary alicyclic amines) is 1. The van der Waals surface area contributed by atoms with Gasteiger partial charge in [-0.2, -0.15) is 5.10 Å². The Morgan fingerprint density at radius 2 is 2.16 bits per heavy atom. The second kappa shape index (κ2) is 7.66. The Balaban J connectivity index is 1.66. The zero-order valence-corrected chi connectivity index (χ0v) is 14.7. The molecular weight excluding hydrogens is 314 g/mol. The van der Waals surface area contributed by atoms with Crippen LogP contribution >= 0.6 is 0 Å². The highest BCUT2D eigenvalue weighted by atomic mass is 16.4. The minimum Gasteiger partial charge on any atom is -0.478 e. The summed E-state index contributed by atoms with van der Waals surface area (Å²) in [7, 11) is 0. The van der Waals surface area contributed by atoms with Crippen molar-refractivity contribution in [2.24, 2.45) is 0 Å². The fourth-order valence-electron chi connectivity index (χ4n) is 3.55. The van der Waals surface area contributed by atoms with Crippen molar-refractivity contribution in [3.63, 3.8) is 0 Å². The van der Waals surface area contributed by atoms with E-state index in [1.807, 2.05) is 22.9 Å². The third-order valence-electron chi connectivity index (χ3n) is 4.89. The molecule has 0 radical (unpaired) electrons. The van der Waals surface area contributed by atoms with Crippen LogP contribution < -0.4 is 0 Å². The van der Waals surface area contributed by atoms with E-state index in [-0.39, 0.29) is 0 Å². The number of hydrogen-bond donors (Lipinski definition) is 1. The van der Waals surface area contributed by atoms with Gasteiger partial charge in [0, 0.05) is 24.8 Å². The summed E-state index contributed by atoms with van der Waals surface area (Å²) in [6.07, 6.45) is 6.28. The molecule has 0 saturated carbocycles. The predicted molar refractivity (Wildman–Crippen MR) is 97.8 cm³/mol. The van der Waals surface area contributed by atoms with Gasteiger partial charge in [0.15, 0.2) is 0 Å². The summed E-state index contributed by atoms with van der Waals surface area (Å²) in [6.45, 7) is 9.56. The van der Waals surface area contributed by atoms with Gasteiger partial charge < -0.3 is 5.11 Å². The van der Waals surface area contributed by atoms with Crippen LogP contribution in [-0.4, -0.2) is 38.8 Å². The SMILES string of the molecule is C=CCn1cc(CN2CCCC(c3ccc(C(=O)O)cc3)C2)c(C)n1. The lowest BCUT2D eigenvalue weighted by Gasteiger charge is -2.33. The molecule has 25 heavy (non-hydrogen) atoms. The Kier molecular flexibility index (Phi) is 5.34. The number of benzene rings is 1. The lowest BCUT2D eigenvalue weighted by molar-refractivity contribution is 0.0697. The van der Waals surface area contributed by atoms with Crippen molar-refractivity contribution >= 4 is 5.97 Å². The van der Waals surface area contributed by atoms with Crippen molar-refractivity contribution in [1.82, 2.24) is 14.7 Å². The van der Waals surface area contributed by atoms with Gasteiger partial charge in [0.05, 0.1) is 17.8 Å². The van der Waals surface area contributed by atoms with E-state index in [1.165, 1.54) is 11.1 Å². The van der Waals surface area contributed by atoms with Gasteiger partial charge in [-0.1, -0.05) is 18.2 Å². The second-order valence-electron chi connectivity index (χ2n) is 6.75. The number of aromatic carboxylic acids is 1. The first kappa shape index (κ1) is 17.4. The number of carboxylic acids is 1. The van der Waals surface area contributed by atoms with Crippen LogP contribution in [0.15, 0.2) is 43.1 Å². The zero-order valence-electron chi connectivity index (χ0n) is 14.7. The van der Waals surface area contributed by atoms with Crippen LogP contribution in [0, 0.1) is 6.92 Å². The molecular formula is C20H25N3O2. The maximum atomic E-state index is 11.0. The molecule has 1 aliphatic rings. The highest BCUT2D eigenvalue weighted by Gasteiger charge is 2.22. The second-order valence-corrected chi connectivity index (χ2v) is 6.75. The molecule has 132 valence electrons. The van der Waals surface area contributed by atoms with Gasteiger partial charge in [0.2, 0.25) is 0 Å². The van der Waals surface area contributed by atoms with Gasteiger partial charge in [-0.05, 0) is 49.9 Å². The van der Waals surface area contributed by atoms with E-state index in [4.69, 9.17) is 5.11 Å². The van der Waals surface area contributed by atoms with E-state index < -0.39 is 5.97 Å². The van der Waals surface area contributed by atoms with Crippen molar-refractivity contribution in [3.8, 4) is 0 Å². The first-order chi connectivity index (χ1) is 12.1. The molecule has 3 rings (SSSR count). The van der Waals surface area contributed by atoms with E-state index in [0.29, 0.717) is 11.5 Å². The lowest BCUT2D eigenvalue weighted by atomic mass is 9.90. The number of nitrogens with zero attached hydrogens (tertiary/aromatic N) is 3. The molecule has 0 amide bonds. The van der Waals surface area contributed by atoms with Crippen molar-refractivity contribution in [2.75, 3.05) is 13.1 Å². The Labute approximate surface area is 148 Å². The monoisotopic (exact) mass is 339 g/mol. The number of aromatic nitrogens is 2. The summed E-state index contributed by atoms with van der Waals surface area (Å²) in [5, 5.41) is 13.6. The molecule has 1 saturated heterocycles. The Morgan fingerprint density at radius 3 is 2.84 bits per heavy atom. The van der Waals surface area contributed by atoms with Crippen LogP contribution in [0.25, 0.3) is 0 Å². The fourth-order valence-corrected chi connectivity index (χ4v) is 3.55. The highest BCUT2D eigenvalue weighted by Crippen LogP contribution is 2.28. The molecule has 1 N–H and O–H groups in total. The van der Waals surface area contributed by atoms with E-state index >= 15 is 0 Å². The van der Waals surface area contributed by atoms with E-state index in [1.54, 1.807) is 12.1 Å². The summed E-state index contributed by atoms with van der Waals surface area (Å²) >= 11 is 0. The van der Waals surface area contributed by atoms with E-state index in [9.17, 15) is 4.79 Å². The molecule has 1 aliphatic heterocycles. The summed E-state index contributed by atoms with van der Waals surface area (Å²) in [5.41, 5.74) is 3.92. The molecule has 1 aromatic carbocycles. The standard InChI is InChI=1S/C20H25N3O2/c1-3-10-23-14-19(15(2)21-23)13-22-11-4-5-18(12-22)16-6-8-17(9-7-16)20(24)25/h3,6-9,14,18H,1,4-5,10-13H2,2H3,(H,24,25). The molecule has 5 heteroatoms. The highest BCUT2D eigenvalue weighted by molar-refractivity contribution is 5.87. The third kappa shape index (κ3) is 4.17. The number of hydrogen-bond acceptors (Lipinski definition) is 3.